The first-order valence-corrected chi connectivity index (χ1v) is 11.2. The molecule has 0 aliphatic carbocycles. The van der Waals surface area contributed by atoms with E-state index in [1.54, 1.807) is 0 Å². The van der Waals surface area contributed by atoms with Gasteiger partial charge in [0, 0.05) is 50.2 Å². The van der Waals surface area contributed by atoms with Crippen molar-refractivity contribution in [1.29, 1.82) is 0 Å². The van der Waals surface area contributed by atoms with Crippen molar-refractivity contribution in [2.24, 2.45) is 5.73 Å². The molecule has 5 rings (SSSR count). The Hall–Kier alpha value is -3.29. The summed E-state index contributed by atoms with van der Waals surface area (Å²) in [5.74, 6) is 1.18. The van der Waals surface area contributed by atoms with Crippen LogP contribution in [0.1, 0.15) is 17.2 Å². The molecular formula is C25H29N7. The van der Waals surface area contributed by atoms with Crippen molar-refractivity contribution in [1.82, 2.24) is 24.3 Å². The van der Waals surface area contributed by atoms with E-state index in [1.807, 2.05) is 30.7 Å². The average molecular weight is 428 g/mol. The third-order valence-corrected chi connectivity index (χ3v) is 6.29. The van der Waals surface area contributed by atoms with Crippen LogP contribution >= 0.6 is 0 Å². The first-order valence-electron chi connectivity index (χ1n) is 11.2. The van der Waals surface area contributed by atoms with Gasteiger partial charge in [0.05, 0.1) is 17.6 Å². The van der Waals surface area contributed by atoms with Crippen LogP contribution in [0.5, 0.6) is 0 Å². The first-order chi connectivity index (χ1) is 15.7. The Bertz CT molecular complexity index is 1180. The van der Waals surface area contributed by atoms with Crippen LogP contribution in [0.15, 0.2) is 67.1 Å². The topological polar surface area (TPSA) is 75.6 Å². The average Bonchev–Trinajstić information content (AvgIpc) is 3.28. The maximum atomic E-state index is 6.10. The van der Waals surface area contributed by atoms with Crippen molar-refractivity contribution in [2.75, 3.05) is 44.7 Å². The number of likely N-dealkylation sites (N-methyl/N-ethyl adjacent to an activating group) is 1. The number of rotatable bonds is 6. The van der Waals surface area contributed by atoms with Crippen molar-refractivity contribution < 1.29 is 0 Å². The maximum absolute atomic E-state index is 6.10. The van der Waals surface area contributed by atoms with Gasteiger partial charge < -0.3 is 15.5 Å². The number of benzene rings is 1. The van der Waals surface area contributed by atoms with E-state index in [0.29, 0.717) is 6.54 Å². The highest BCUT2D eigenvalue weighted by Crippen LogP contribution is 2.26. The van der Waals surface area contributed by atoms with Crippen molar-refractivity contribution in [3.8, 4) is 11.4 Å². The van der Waals surface area contributed by atoms with Crippen molar-refractivity contribution in [2.45, 2.75) is 12.3 Å². The fourth-order valence-corrected chi connectivity index (χ4v) is 4.39. The van der Waals surface area contributed by atoms with Crippen molar-refractivity contribution >= 4 is 11.5 Å². The van der Waals surface area contributed by atoms with Crippen LogP contribution in [-0.2, 0) is 6.42 Å². The molecule has 1 aromatic carbocycles. The normalized spacial score (nSPS) is 15.9. The lowest BCUT2D eigenvalue weighted by atomic mass is 9.94. The van der Waals surface area contributed by atoms with Crippen LogP contribution < -0.4 is 10.6 Å². The molecular weight excluding hydrogens is 398 g/mol. The van der Waals surface area contributed by atoms with E-state index >= 15 is 0 Å². The molecule has 3 aromatic heterocycles. The summed E-state index contributed by atoms with van der Waals surface area (Å²) in [5, 5.41) is 0. The number of fused-ring (bicyclic) bond motifs is 1. The zero-order valence-corrected chi connectivity index (χ0v) is 18.4. The largest absolute Gasteiger partial charge is 0.351 e. The summed E-state index contributed by atoms with van der Waals surface area (Å²) in [6, 6.07) is 16.6. The second-order valence-electron chi connectivity index (χ2n) is 8.44. The predicted octanol–water partition coefficient (Wildman–Crippen LogP) is 2.83. The standard InChI is InChI=1S/C25H29N7/c1-30-12-14-31(15-13-30)24-25-28-18-23(32(25)11-10-27-24)22-9-5-8-21(29-22)16-20(17-26)19-6-3-2-4-7-19/h2-11,18,20H,12-17,26H2,1H3. The van der Waals surface area contributed by atoms with Crippen LogP contribution in [0.25, 0.3) is 17.0 Å². The lowest BCUT2D eigenvalue weighted by Crippen LogP contribution is -2.45. The number of pyridine rings is 1. The van der Waals surface area contributed by atoms with Gasteiger partial charge in [-0.15, -0.1) is 0 Å². The van der Waals surface area contributed by atoms with E-state index in [9.17, 15) is 0 Å². The Morgan fingerprint density at radius 1 is 0.969 bits per heavy atom. The highest BCUT2D eigenvalue weighted by molar-refractivity contribution is 5.70. The van der Waals surface area contributed by atoms with Crippen LogP contribution in [-0.4, -0.2) is 64.0 Å². The summed E-state index contributed by atoms with van der Waals surface area (Å²) < 4.78 is 2.10. The van der Waals surface area contributed by atoms with Gasteiger partial charge in [0.2, 0.25) is 0 Å². The minimum Gasteiger partial charge on any atom is -0.351 e. The van der Waals surface area contributed by atoms with Gasteiger partial charge in [-0.05, 0) is 37.7 Å². The van der Waals surface area contributed by atoms with Gasteiger partial charge in [-0.1, -0.05) is 36.4 Å². The number of piperazine rings is 1. The molecule has 0 radical (unpaired) electrons. The van der Waals surface area contributed by atoms with Crippen LogP contribution in [0.4, 0.5) is 5.82 Å². The van der Waals surface area contributed by atoms with Crippen LogP contribution in [0.3, 0.4) is 0 Å². The number of nitrogens with two attached hydrogens (primary N) is 1. The van der Waals surface area contributed by atoms with E-state index in [1.165, 1.54) is 5.56 Å². The SMILES string of the molecule is CN1CCN(c2nccn3c(-c4cccc(CC(CN)c5ccccc5)n4)cnc23)CC1. The molecule has 0 amide bonds. The minimum atomic E-state index is 0.245. The molecule has 7 nitrogen and oxygen atoms in total. The zero-order chi connectivity index (χ0) is 21.9. The smallest absolute Gasteiger partial charge is 0.180 e. The van der Waals surface area contributed by atoms with E-state index in [0.717, 1.165) is 61.1 Å². The Labute approximate surface area is 188 Å². The lowest BCUT2D eigenvalue weighted by Gasteiger charge is -2.33. The van der Waals surface area contributed by atoms with Gasteiger partial charge >= 0.3 is 0 Å². The fourth-order valence-electron chi connectivity index (χ4n) is 4.39. The maximum Gasteiger partial charge on any atom is 0.180 e. The predicted molar refractivity (Wildman–Crippen MR) is 128 cm³/mol. The number of imidazole rings is 1. The van der Waals surface area contributed by atoms with Gasteiger partial charge in [-0.3, -0.25) is 9.38 Å². The highest BCUT2D eigenvalue weighted by atomic mass is 15.3. The van der Waals surface area contributed by atoms with Crippen LogP contribution in [0, 0.1) is 0 Å². The number of hydrogen-bond acceptors (Lipinski definition) is 6. The molecule has 1 unspecified atom stereocenters. The van der Waals surface area contributed by atoms with E-state index in [4.69, 9.17) is 15.7 Å². The Morgan fingerprint density at radius 2 is 1.78 bits per heavy atom. The molecule has 1 saturated heterocycles. The van der Waals surface area contributed by atoms with Gasteiger partial charge in [-0.25, -0.2) is 9.97 Å². The third kappa shape index (κ3) is 4.09. The monoisotopic (exact) mass is 427 g/mol. The molecule has 32 heavy (non-hydrogen) atoms. The molecule has 0 saturated carbocycles. The molecule has 164 valence electrons. The molecule has 0 bridgehead atoms. The summed E-state index contributed by atoms with van der Waals surface area (Å²) in [5.41, 5.74) is 11.1. The first kappa shape index (κ1) is 20.6. The van der Waals surface area contributed by atoms with Gasteiger partial charge in [-0.2, -0.15) is 0 Å². The van der Waals surface area contributed by atoms with Gasteiger partial charge in [0.1, 0.15) is 0 Å². The second-order valence-corrected chi connectivity index (χ2v) is 8.44. The number of aromatic nitrogens is 4. The van der Waals surface area contributed by atoms with Crippen molar-refractivity contribution in [3.63, 3.8) is 0 Å². The number of hydrogen-bond donors (Lipinski definition) is 1. The molecule has 1 atom stereocenters. The molecule has 2 N–H and O–H groups in total. The minimum absolute atomic E-state index is 0.245. The molecule has 1 aliphatic heterocycles. The fraction of sp³-hybridized carbons (Fsp3) is 0.320. The van der Waals surface area contributed by atoms with Crippen molar-refractivity contribution in [3.05, 3.63) is 78.4 Å². The molecule has 1 fully saturated rings. The quantitative estimate of drug-likeness (QED) is 0.510. The summed E-state index contributed by atoms with van der Waals surface area (Å²) in [6.07, 6.45) is 6.54. The number of nitrogens with zero attached hydrogens (tertiary/aromatic N) is 6. The van der Waals surface area contributed by atoms with E-state index in [2.05, 4.69) is 62.6 Å². The molecule has 1 aliphatic rings. The lowest BCUT2D eigenvalue weighted by molar-refractivity contribution is 0.312. The van der Waals surface area contributed by atoms with E-state index < -0.39 is 0 Å². The third-order valence-electron chi connectivity index (χ3n) is 6.29. The molecule has 0 spiro atoms. The second kappa shape index (κ2) is 9.06. The highest BCUT2D eigenvalue weighted by Gasteiger charge is 2.20. The Morgan fingerprint density at radius 3 is 2.56 bits per heavy atom. The van der Waals surface area contributed by atoms with E-state index in [-0.39, 0.29) is 5.92 Å². The molecule has 7 heteroatoms. The summed E-state index contributed by atoms with van der Waals surface area (Å²) in [4.78, 5) is 19.0. The zero-order valence-electron chi connectivity index (χ0n) is 18.4. The summed E-state index contributed by atoms with van der Waals surface area (Å²) in [6.45, 7) is 4.57. The summed E-state index contributed by atoms with van der Waals surface area (Å²) in [7, 11) is 2.16. The Balaban J connectivity index is 1.44. The summed E-state index contributed by atoms with van der Waals surface area (Å²) >= 11 is 0. The van der Waals surface area contributed by atoms with Gasteiger partial charge in [0.25, 0.3) is 0 Å². The molecule has 4 aromatic rings. The molecule has 4 heterocycles. The van der Waals surface area contributed by atoms with Crippen LogP contribution in [0.2, 0.25) is 0 Å². The van der Waals surface area contributed by atoms with Gasteiger partial charge in [0.15, 0.2) is 11.5 Å². The Kier molecular flexibility index (Phi) is 5.83. The number of anilines is 1.